The highest BCUT2D eigenvalue weighted by atomic mass is 16.2. The molecule has 5 aromatic rings. The van der Waals surface area contributed by atoms with E-state index < -0.39 is 0 Å². The fourth-order valence-corrected chi connectivity index (χ4v) is 5.74. The van der Waals surface area contributed by atoms with Gasteiger partial charge in [-0.05, 0) is 44.0 Å². The van der Waals surface area contributed by atoms with Gasteiger partial charge in [0.15, 0.2) is 5.82 Å². The second-order valence-electron chi connectivity index (χ2n) is 10.4. The Kier molecular flexibility index (Phi) is 5.44. The van der Waals surface area contributed by atoms with Crippen LogP contribution in [0.25, 0.3) is 22.2 Å². The molecule has 10 nitrogen and oxygen atoms in total. The van der Waals surface area contributed by atoms with Gasteiger partial charge in [0.1, 0.15) is 0 Å². The van der Waals surface area contributed by atoms with Crippen molar-refractivity contribution in [1.29, 1.82) is 0 Å². The number of hydrogen-bond acceptors (Lipinski definition) is 6. The molecule has 200 valence electrons. The van der Waals surface area contributed by atoms with Gasteiger partial charge in [-0.1, -0.05) is 18.2 Å². The monoisotopic (exact) mass is 532 g/mol. The van der Waals surface area contributed by atoms with Gasteiger partial charge in [-0.2, -0.15) is 5.10 Å². The lowest BCUT2D eigenvalue weighted by atomic mass is 10.1. The molecule has 7 rings (SSSR count). The maximum absolute atomic E-state index is 13.6. The van der Waals surface area contributed by atoms with Crippen molar-refractivity contribution >= 4 is 45.9 Å². The number of aromatic amines is 1. The van der Waals surface area contributed by atoms with E-state index in [9.17, 15) is 9.59 Å². The van der Waals surface area contributed by atoms with E-state index >= 15 is 0 Å². The highest BCUT2D eigenvalue weighted by Gasteiger charge is 2.34. The van der Waals surface area contributed by atoms with Crippen molar-refractivity contribution < 1.29 is 9.59 Å². The van der Waals surface area contributed by atoms with Crippen molar-refractivity contribution in [3.05, 3.63) is 77.2 Å². The number of para-hydroxylation sites is 1. The summed E-state index contributed by atoms with van der Waals surface area (Å²) in [6.45, 7) is 5.06. The van der Waals surface area contributed by atoms with Gasteiger partial charge >= 0.3 is 0 Å². The summed E-state index contributed by atoms with van der Waals surface area (Å²) in [6, 6.07) is 13.6. The molecule has 2 aliphatic heterocycles. The molecule has 2 aromatic carbocycles. The first-order chi connectivity index (χ1) is 19.4. The molecule has 0 bridgehead atoms. The van der Waals surface area contributed by atoms with Crippen molar-refractivity contribution in [3.8, 4) is 11.3 Å². The van der Waals surface area contributed by atoms with E-state index in [1.807, 2.05) is 74.5 Å². The predicted molar refractivity (Wildman–Crippen MR) is 154 cm³/mol. The Labute approximate surface area is 230 Å². The number of aromatic nitrogens is 5. The number of benzene rings is 2. The molecule has 0 unspecified atom stereocenters. The third kappa shape index (κ3) is 3.75. The molecule has 0 spiro atoms. The largest absolute Gasteiger partial charge is 0.359 e. The standard InChI is InChI=1S/C30H28N8O2/c1-17-14-32-30(33-25-13-18(2)36(3)35-25)34-27(17)21-15-31-28-19(21)7-4-10-24(28)38-16-22-20(29(38)40)8-5-9-23(22)37-12-6-11-26(37)39/h4-5,7-10,13-15,31H,6,11-12,16H2,1-3H3,(H,32,33,34,35). The van der Waals surface area contributed by atoms with Crippen molar-refractivity contribution in [1.82, 2.24) is 24.7 Å². The highest BCUT2D eigenvalue weighted by Crippen LogP contribution is 2.40. The third-order valence-electron chi connectivity index (χ3n) is 7.87. The Morgan fingerprint density at radius 1 is 1.00 bits per heavy atom. The normalized spacial score (nSPS) is 15.0. The third-order valence-corrected chi connectivity index (χ3v) is 7.87. The molecule has 3 aromatic heterocycles. The number of nitrogens with zero attached hydrogens (tertiary/aromatic N) is 6. The van der Waals surface area contributed by atoms with Crippen molar-refractivity contribution in [2.75, 3.05) is 21.7 Å². The number of H-pyrrole nitrogens is 1. The first-order valence-electron chi connectivity index (χ1n) is 13.3. The van der Waals surface area contributed by atoms with Crippen molar-refractivity contribution in [2.24, 2.45) is 7.05 Å². The van der Waals surface area contributed by atoms with E-state index in [0.717, 1.165) is 56.8 Å². The quantitative estimate of drug-likeness (QED) is 0.329. The summed E-state index contributed by atoms with van der Waals surface area (Å²) >= 11 is 0. The molecular formula is C30H28N8O2. The number of aryl methyl sites for hydroxylation is 3. The van der Waals surface area contributed by atoms with Crippen LogP contribution in [0.3, 0.4) is 0 Å². The van der Waals surface area contributed by atoms with Gasteiger partial charge in [0, 0.05) is 71.9 Å². The zero-order chi connectivity index (χ0) is 27.5. The highest BCUT2D eigenvalue weighted by molar-refractivity contribution is 6.16. The average molecular weight is 533 g/mol. The molecule has 0 radical (unpaired) electrons. The molecule has 40 heavy (non-hydrogen) atoms. The molecule has 0 saturated carbocycles. The lowest BCUT2D eigenvalue weighted by molar-refractivity contribution is -0.117. The van der Waals surface area contributed by atoms with Gasteiger partial charge in [-0.25, -0.2) is 9.97 Å². The number of hydrogen-bond donors (Lipinski definition) is 2. The second kappa shape index (κ2) is 9.04. The first-order valence-corrected chi connectivity index (χ1v) is 13.3. The first kappa shape index (κ1) is 24.1. The van der Waals surface area contributed by atoms with Crippen LogP contribution in [-0.4, -0.2) is 43.1 Å². The zero-order valence-electron chi connectivity index (χ0n) is 22.5. The maximum atomic E-state index is 13.6. The topological polar surface area (TPSA) is 112 Å². The van der Waals surface area contributed by atoms with Gasteiger partial charge in [0.25, 0.3) is 5.91 Å². The zero-order valence-corrected chi connectivity index (χ0v) is 22.5. The Morgan fingerprint density at radius 3 is 2.60 bits per heavy atom. The molecule has 1 fully saturated rings. The Morgan fingerprint density at radius 2 is 1.82 bits per heavy atom. The number of anilines is 4. The molecule has 5 heterocycles. The fourth-order valence-electron chi connectivity index (χ4n) is 5.74. The smallest absolute Gasteiger partial charge is 0.259 e. The number of nitrogens with one attached hydrogen (secondary N) is 2. The molecule has 1 saturated heterocycles. The van der Waals surface area contributed by atoms with Gasteiger partial charge in [0.05, 0.1) is 23.4 Å². The SMILES string of the molecule is Cc1cnc(Nc2cc(C)n(C)n2)nc1-c1c[nH]c2c(N3Cc4c(cccc4N4CCCC4=O)C3=O)cccc12. The molecular weight excluding hydrogens is 504 g/mol. The van der Waals surface area contributed by atoms with E-state index in [1.165, 1.54) is 0 Å². The number of fused-ring (bicyclic) bond motifs is 2. The van der Waals surface area contributed by atoms with Crippen LogP contribution in [0.5, 0.6) is 0 Å². The molecule has 0 atom stereocenters. The fraction of sp³-hybridized carbons (Fsp3) is 0.233. The number of carbonyl (C=O) groups is 2. The van der Waals surface area contributed by atoms with Crippen molar-refractivity contribution in [3.63, 3.8) is 0 Å². The molecule has 0 aliphatic carbocycles. The van der Waals surface area contributed by atoms with Crippen molar-refractivity contribution in [2.45, 2.75) is 33.2 Å². The summed E-state index contributed by atoms with van der Waals surface area (Å²) < 4.78 is 1.79. The molecule has 2 N–H and O–H groups in total. The minimum Gasteiger partial charge on any atom is -0.359 e. The lowest BCUT2D eigenvalue weighted by Crippen LogP contribution is -2.25. The summed E-state index contributed by atoms with van der Waals surface area (Å²) in [4.78, 5) is 42.4. The van der Waals surface area contributed by atoms with E-state index in [0.29, 0.717) is 36.8 Å². The summed E-state index contributed by atoms with van der Waals surface area (Å²) in [6.07, 6.45) is 5.12. The molecule has 2 amide bonds. The number of amides is 2. The minimum atomic E-state index is -0.0671. The summed E-state index contributed by atoms with van der Waals surface area (Å²) in [5, 5.41) is 8.60. The molecule has 10 heteroatoms. The van der Waals surface area contributed by atoms with E-state index in [1.54, 1.807) is 15.8 Å². The number of carbonyl (C=O) groups excluding carboxylic acids is 2. The van der Waals surface area contributed by atoms with Crippen LogP contribution in [0.2, 0.25) is 0 Å². The predicted octanol–water partition coefficient (Wildman–Crippen LogP) is 5.01. The second-order valence-corrected chi connectivity index (χ2v) is 10.4. The van der Waals surface area contributed by atoms with Gasteiger partial charge in [-0.3, -0.25) is 14.3 Å². The summed E-state index contributed by atoms with van der Waals surface area (Å²) in [7, 11) is 1.89. The van der Waals surface area contributed by atoms with E-state index in [4.69, 9.17) is 4.98 Å². The lowest BCUT2D eigenvalue weighted by Gasteiger charge is -2.20. The van der Waals surface area contributed by atoms with E-state index in [2.05, 4.69) is 20.4 Å². The Bertz CT molecular complexity index is 1820. The van der Waals surface area contributed by atoms with Gasteiger partial charge in [0.2, 0.25) is 11.9 Å². The van der Waals surface area contributed by atoms with Crippen LogP contribution < -0.4 is 15.1 Å². The van der Waals surface area contributed by atoms with Gasteiger partial charge in [-0.15, -0.1) is 0 Å². The Hall–Kier alpha value is -4.99. The van der Waals surface area contributed by atoms with Crippen LogP contribution in [-0.2, 0) is 18.4 Å². The number of rotatable bonds is 5. The summed E-state index contributed by atoms with van der Waals surface area (Å²) in [5.74, 6) is 1.18. The van der Waals surface area contributed by atoms with Gasteiger partial charge < -0.3 is 20.1 Å². The van der Waals surface area contributed by atoms with Crippen LogP contribution in [0.1, 0.15) is 40.0 Å². The molecule has 2 aliphatic rings. The van der Waals surface area contributed by atoms with Crippen LogP contribution in [0.15, 0.2) is 54.9 Å². The van der Waals surface area contributed by atoms with Crippen LogP contribution in [0, 0.1) is 13.8 Å². The van der Waals surface area contributed by atoms with Crippen LogP contribution in [0.4, 0.5) is 23.1 Å². The minimum absolute atomic E-state index is 0.0671. The van der Waals surface area contributed by atoms with E-state index in [-0.39, 0.29) is 11.8 Å². The maximum Gasteiger partial charge on any atom is 0.259 e. The van der Waals surface area contributed by atoms with Crippen LogP contribution >= 0.6 is 0 Å². The Balaban J connectivity index is 1.25. The summed E-state index contributed by atoms with van der Waals surface area (Å²) in [5.41, 5.74) is 7.70. The average Bonchev–Trinajstić information content (AvgIpc) is 3.72.